The Balaban J connectivity index is 1.42. The fourth-order valence-electron chi connectivity index (χ4n) is 2.32. The number of nitrogens with zero attached hydrogens (tertiary/aromatic N) is 5. The number of rotatable bonds is 6. The predicted octanol–water partition coefficient (Wildman–Crippen LogP) is 1.94. The SMILES string of the molecule is O=C(COc1cccnc1)NCc1nnc2ccc(-c3ccsc3)nn12. The van der Waals surface area contributed by atoms with Crippen LogP contribution in [0.25, 0.3) is 16.9 Å². The van der Waals surface area contributed by atoms with Gasteiger partial charge in [0.25, 0.3) is 5.91 Å². The van der Waals surface area contributed by atoms with Gasteiger partial charge in [-0.1, -0.05) is 0 Å². The summed E-state index contributed by atoms with van der Waals surface area (Å²) >= 11 is 1.61. The second-order valence-electron chi connectivity index (χ2n) is 5.37. The molecule has 130 valence electrons. The number of amides is 1. The van der Waals surface area contributed by atoms with Gasteiger partial charge < -0.3 is 10.1 Å². The lowest BCUT2D eigenvalue weighted by Crippen LogP contribution is -2.29. The third-order valence-electron chi connectivity index (χ3n) is 3.59. The first-order chi connectivity index (χ1) is 12.8. The Bertz CT molecular complexity index is 1020. The third-order valence-corrected chi connectivity index (χ3v) is 4.28. The summed E-state index contributed by atoms with van der Waals surface area (Å²) in [5, 5.41) is 19.5. The Kier molecular flexibility index (Phi) is 4.52. The fourth-order valence-corrected chi connectivity index (χ4v) is 2.97. The molecule has 0 saturated carbocycles. The van der Waals surface area contributed by atoms with Crippen LogP contribution in [0.2, 0.25) is 0 Å². The fraction of sp³-hybridized carbons (Fsp3) is 0.118. The van der Waals surface area contributed by atoms with Crippen molar-refractivity contribution in [2.24, 2.45) is 0 Å². The molecule has 1 amide bonds. The number of nitrogens with one attached hydrogen (secondary N) is 1. The van der Waals surface area contributed by atoms with E-state index < -0.39 is 0 Å². The van der Waals surface area contributed by atoms with Gasteiger partial charge in [0.15, 0.2) is 18.1 Å². The van der Waals surface area contributed by atoms with Gasteiger partial charge in [-0.05, 0) is 35.7 Å². The predicted molar refractivity (Wildman–Crippen MR) is 95.7 cm³/mol. The van der Waals surface area contributed by atoms with Crippen LogP contribution < -0.4 is 10.1 Å². The highest BCUT2D eigenvalue weighted by Gasteiger charge is 2.11. The van der Waals surface area contributed by atoms with Crippen LogP contribution in [-0.4, -0.2) is 37.3 Å². The van der Waals surface area contributed by atoms with Crippen molar-refractivity contribution in [1.29, 1.82) is 0 Å². The maximum absolute atomic E-state index is 12.0. The van der Waals surface area contributed by atoms with Crippen LogP contribution in [0.5, 0.6) is 5.75 Å². The molecule has 0 atom stereocenters. The average Bonchev–Trinajstić information content (AvgIpc) is 3.35. The van der Waals surface area contributed by atoms with Crippen molar-refractivity contribution in [3.8, 4) is 17.0 Å². The van der Waals surface area contributed by atoms with E-state index in [4.69, 9.17) is 4.74 Å². The van der Waals surface area contributed by atoms with Gasteiger partial charge in [0.05, 0.1) is 18.4 Å². The summed E-state index contributed by atoms with van der Waals surface area (Å²) < 4.78 is 7.00. The van der Waals surface area contributed by atoms with Gasteiger partial charge >= 0.3 is 0 Å². The molecule has 0 unspecified atom stereocenters. The summed E-state index contributed by atoms with van der Waals surface area (Å²) in [5.41, 5.74) is 2.48. The van der Waals surface area contributed by atoms with Crippen molar-refractivity contribution < 1.29 is 9.53 Å². The van der Waals surface area contributed by atoms with E-state index in [1.165, 1.54) is 0 Å². The number of carbonyl (C=O) groups excluding carboxylic acids is 1. The van der Waals surface area contributed by atoms with Gasteiger partial charge in [0, 0.05) is 17.1 Å². The number of thiophene rings is 1. The highest BCUT2D eigenvalue weighted by atomic mass is 32.1. The van der Waals surface area contributed by atoms with E-state index in [1.807, 2.05) is 29.0 Å². The summed E-state index contributed by atoms with van der Waals surface area (Å²) in [7, 11) is 0. The van der Waals surface area contributed by atoms with Crippen LogP contribution in [0, 0.1) is 0 Å². The summed E-state index contributed by atoms with van der Waals surface area (Å²) in [6, 6.07) is 9.23. The maximum atomic E-state index is 12.0. The Morgan fingerprint density at radius 2 is 2.19 bits per heavy atom. The minimum atomic E-state index is -0.264. The number of fused-ring (bicyclic) bond motifs is 1. The normalized spacial score (nSPS) is 10.8. The third kappa shape index (κ3) is 3.52. The highest BCUT2D eigenvalue weighted by Crippen LogP contribution is 2.20. The average molecular weight is 366 g/mol. The molecule has 4 heterocycles. The molecule has 26 heavy (non-hydrogen) atoms. The maximum Gasteiger partial charge on any atom is 0.258 e. The summed E-state index contributed by atoms with van der Waals surface area (Å²) in [6.45, 7) is 0.104. The lowest BCUT2D eigenvalue weighted by Gasteiger charge is -2.06. The zero-order chi connectivity index (χ0) is 17.8. The minimum absolute atomic E-state index is 0.101. The first-order valence-corrected chi connectivity index (χ1v) is 8.77. The number of hydrogen-bond acceptors (Lipinski definition) is 7. The van der Waals surface area contributed by atoms with Crippen molar-refractivity contribution >= 4 is 22.9 Å². The van der Waals surface area contributed by atoms with E-state index in [1.54, 1.807) is 40.4 Å². The lowest BCUT2D eigenvalue weighted by molar-refractivity contribution is -0.123. The molecule has 0 bridgehead atoms. The first kappa shape index (κ1) is 16.2. The molecular formula is C17H14N6O2S. The Hall–Kier alpha value is -3.33. The smallest absolute Gasteiger partial charge is 0.258 e. The number of aromatic nitrogens is 5. The number of carbonyl (C=O) groups is 1. The second kappa shape index (κ2) is 7.28. The zero-order valence-electron chi connectivity index (χ0n) is 13.6. The van der Waals surface area contributed by atoms with Gasteiger partial charge in [-0.2, -0.15) is 21.0 Å². The monoisotopic (exact) mass is 366 g/mol. The van der Waals surface area contributed by atoms with Crippen molar-refractivity contribution in [2.45, 2.75) is 6.54 Å². The van der Waals surface area contributed by atoms with E-state index in [-0.39, 0.29) is 19.1 Å². The van der Waals surface area contributed by atoms with Crippen LogP contribution in [-0.2, 0) is 11.3 Å². The van der Waals surface area contributed by atoms with E-state index in [0.29, 0.717) is 17.2 Å². The van der Waals surface area contributed by atoms with E-state index in [2.05, 4.69) is 25.6 Å². The van der Waals surface area contributed by atoms with Crippen LogP contribution in [0.15, 0.2) is 53.5 Å². The summed E-state index contributed by atoms with van der Waals surface area (Å²) in [4.78, 5) is 15.9. The van der Waals surface area contributed by atoms with Gasteiger partial charge in [-0.25, -0.2) is 0 Å². The molecule has 0 spiro atoms. The molecule has 0 aromatic carbocycles. The van der Waals surface area contributed by atoms with Crippen LogP contribution in [0.1, 0.15) is 5.82 Å². The van der Waals surface area contributed by atoms with Crippen molar-refractivity contribution in [2.75, 3.05) is 6.61 Å². The van der Waals surface area contributed by atoms with Crippen molar-refractivity contribution in [3.63, 3.8) is 0 Å². The molecule has 0 aliphatic heterocycles. The standard InChI is InChI=1S/C17H14N6O2S/c24-17(10-25-13-2-1-6-18-8-13)19-9-16-21-20-15-4-3-14(22-23(15)16)12-5-7-26-11-12/h1-8,11H,9-10H2,(H,19,24). The Morgan fingerprint density at radius 1 is 1.23 bits per heavy atom. The molecule has 4 aromatic rings. The van der Waals surface area contributed by atoms with Gasteiger partial charge in [-0.15, -0.1) is 10.2 Å². The van der Waals surface area contributed by atoms with Crippen molar-refractivity contribution in [3.05, 3.63) is 59.3 Å². The van der Waals surface area contributed by atoms with E-state index in [9.17, 15) is 4.79 Å². The molecule has 0 radical (unpaired) electrons. The second-order valence-corrected chi connectivity index (χ2v) is 6.15. The molecule has 0 saturated heterocycles. The molecule has 0 fully saturated rings. The topological polar surface area (TPSA) is 94.3 Å². The molecule has 9 heteroatoms. The number of ether oxygens (including phenoxy) is 1. The molecule has 1 N–H and O–H groups in total. The Labute approximate surface area is 152 Å². The van der Waals surface area contributed by atoms with Gasteiger partial charge in [0.1, 0.15) is 5.75 Å². The van der Waals surface area contributed by atoms with Gasteiger partial charge in [0.2, 0.25) is 0 Å². The molecular weight excluding hydrogens is 352 g/mol. The Morgan fingerprint density at radius 3 is 3.00 bits per heavy atom. The molecule has 4 aromatic heterocycles. The van der Waals surface area contributed by atoms with E-state index >= 15 is 0 Å². The van der Waals surface area contributed by atoms with Crippen LogP contribution in [0.4, 0.5) is 0 Å². The van der Waals surface area contributed by atoms with E-state index in [0.717, 1.165) is 11.3 Å². The number of hydrogen-bond donors (Lipinski definition) is 1. The number of pyridine rings is 1. The lowest BCUT2D eigenvalue weighted by atomic mass is 10.2. The molecule has 0 aliphatic carbocycles. The highest BCUT2D eigenvalue weighted by molar-refractivity contribution is 7.08. The van der Waals surface area contributed by atoms with Gasteiger partial charge in [-0.3, -0.25) is 9.78 Å². The minimum Gasteiger partial charge on any atom is -0.482 e. The van der Waals surface area contributed by atoms with Crippen LogP contribution in [0.3, 0.4) is 0 Å². The zero-order valence-corrected chi connectivity index (χ0v) is 14.4. The summed E-state index contributed by atoms with van der Waals surface area (Å²) in [6.07, 6.45) is 3.19. The van der Waals surface area contributed by atoms with Crippen molar-refractivity contribution in [1.82, 2.24) is 30.1 Å². The largest absolute Gasteiger partial charge is 0.482 e. The quantitative estimate of drug-likeness (QED) is 0.560. The molecule has 4 rings (SSSR count). The summed E-state index contributed by atoms with van der Waals surface area (Å²) in [5.74, 6) is 0.823. The first-order valence-electron chi connectivity index (χ1n) is 7.83. The molecule has 8 nitrogen and oxygen atoms in total. The van der Waals surface area contributed by atoms with Crippen LogP contribution >= 0.6 is 11.3 Å². The molecule has 0 aliphatic rings.